The van der Waals surface area contributed by atoms with Crippen molar-refractivity contribution in [3.63, 3.8) is 0 Å². The Morgan fingerprint density at radius 3 is 2.55 bits per heavy atom. The zero-order valence-electron chi connectivity index (χ0n) is 7.34. The molecular weight excluding hydrogens is 136 g/mol. The second kappa shape index (κ2) is 2.10. The molecule has 1 nitrogen and oxygen atoms in total. The lowest BCUT2D eigenvalue weighted by Gasteiger charge is -2.51. The lowest BCUT2D eigenvalue weighted by molar-refractivity contribution is -0.236. The summed E-state index contributed by atoms with van der Waals surface area (Å²) in [5.74, 6) is 1.41. The molecule has 0 aromatic rings. The fourth-order valence-corrected chi connectivity index (χ4v) is 2.40. The predicted octanol–water partition coefficient (Wildman–Crippen LogP) is 2.38. The fraction of sp³-hybridized carbons (Fsp3) is 0.800. The van der Waals surface area contributed by atoms with E-state index in [1.54, 1.807) is 0 Å². The van der Waals surface area contributed by atoms with E-state index in [1.807, 2.05) is 0 Å². The molecule has 1 aliphatic heterocycles. The van der Waals surface area contributed by atoms with Crippen molar-refractivity contribution in [3.8, 4) is 0 Å². The summed E-state index contributed by atoms with van der Waals surface area (Å²) < 4.78 is 5.78. The van der Waals surface area contributed by atoms with E-state index >= 15 is 0 Å². The third-order valence-electron chi connectivity index (χ3n) is 3.25. The first-order chi connectivity index (χ1) is 5.18. The SMILES string of the molecule is C=CC1C(C)OC1(C)C1CC1. The number of hydrogen-bond acceptors (Lipinski definition) is 1. The third kappa shape index (κ3) is 0.871. The van der Waals surface area contributed by atoms with Crippen LogP contribution in [-0.4, -0.2) is 11.7 Å². The standard InChI is InChI=1S/C10H16O/c1-4-9-7(2)11-10(9,3)8-5-6-8/h4,7-9H,1,5-6H2,2-3H3. The van der Waals surface area contributed by atoms with Crippen molar-refractivity contribution in [2.24, 2.45) is 11.8 Å². The maximum atomic E-state index is 5.78. The Morgan fingerprint density at radius 1 is 1.55 bits per heavy atom. The molecule has 0 bridgehead atoms. The molecule has 0 N–H and O–H groups in total. The quantitative estimate of drug-likeness (QED) is 0.552. The molecule has 3 atom stereocenters. The van der Waals surface area contributed by atoms with Crippen LogP contribution in [0, 0.1) is 11.8 Å². The van der Waals surface area contributed by atoms with Crippen LogP contribution in [0.5, 0.6) is 0 Å². The monoisotopic (exact) mass is 152 g/mol. The van der Waals surface area contributed by atoms with E-state index in [9.17, 15) is 0 Å². The second-order valence-electron chi connectivity index (χ2n) is 4.04. The minimum atomic E-state index is 0.154. The van der Waals surface area contributed by atoms with E-state index in [1.165, 1.54) is 12.8 Å². The molecule has 11 heavy (non-hydrogen) atoms. The van der Waals surface area contributed by atoms with Gasteiger partial charge < -0.3 is 4.74 Å². The highest BCUT2D eigenvalue weighted by molar-refractivity contribution is 5.11. The molecule has 2 aliphatic rings. The Hall–Kier alpha value is -0.300. The zero-order chi connectivity index (χ0) is 8.06. The van der Waals surface area contributed by atoms with Crippen LogP contribution in [0.15, 0.2) is 12.7 Å². The van der Waals surface area contributed by atoms with Crippen LogP contribution in [0.1, 0.15) is 26.7 Å². The first kappa shape index (κ1) is 7.35. The maximum absolute atomic E-state index is 5.78. The Bertz CT molecular complexity index is 183. The number of hydrogen-bond donors (Lipinski definition) is 0. The summed E-state index contributed by atoms with van der Waals surface area (Å²) >= 11 is 0. The number of ether oxygens (including phenoxy) is 1. The Morgan fingerprint density at radius 2 is 2.18 bits per heavy atom. The molecule has 1 aliphatic carbocycles. The van der Waals surface area contributed by atoms with Crippen LogP contribution in [-0.2, 0) is 4.74 Å². The average Bonchev–Trinajstić information content (AvgIpc) is 2.67. The van der Waals surface area contributed by atoms with Crippen LogP contribution in [0.2, 0.25) is 0 Å². The van der Waals surface area contributed by atoms with Gasteiger partial charge in [-0.05, 0) is 32.6 Å². The first-order valence-electron chi connectivity index (χ1n) is 4.49. The summed E-state index contributed by atoms with van der Waals surface area (Å²) in [5.41, 5.74) is 0.154. The van der Waals surface area contributed by atoms with E-state index in [-0.39, 0.29) is 5.60 Å². The minimum absolute atomic E-state index is 0.154. The molecule has 0 radical (unpaired) electrons. The van der Waals surface area contributed by atoms with Crippen molar-refractivity contribution in [1.82, 2.24) is 0 Å². The Balaban J connectivity index is 2.09. The van der Waals surface area contributed by atoms with Gasteiger partial charge in [0, 0.05) is 5.92 Å². The smallest absolute Gasteiger partial charge is 0.0773 e. The molecule has 62 valence electrons. The maximum Gasteiger partial charge on any atom is 0.0773 e. The van der Waals surface area contributed by atoms with Crippen molar-refractivity contribution in [2.45, 2.75) is 38.4 Å². The summed E-state index contributed by atoms with van der Waals surface area (Å²) in [4.78, 5) is 0. The Kier molecular flexibility index (Phi) is 1.40. The van der Waals surface area contributed by atoms with Gasteiger partial charge in [-0.25, -0.2) is 0 Å². The third-order valence-corrected chi connectivity index (χ3v) is 3.25. The molecule has 1 saturated heterocycles. The van der Waals surface area contributed by atoms with Crippen molar-refractivity contribution >= 4 is 0 Å². The molecule has 1 heteroatoms. The van der Waals surface area contributed by atoms with Gasteiger partial charge in [-0.2, -0.15) is 0 Å². The summed E-state index contributed by atoms with van der Waals surface area (Å²) in [6.45, 7) is 8.23. The zero-order valence-corrected chi connectivity index (χ0v) is 7.34. The summed E-state index contributed by atoms with van der Waals surface area (Å²) in [6.07, 6.45) is 5.17. The van der Waals surface area contributed by atoms with Crippen LogP contribution < -0.4 is 0 Å². The predicted molar refractivity (Wildman–Crippen MR) is 45.4 cm³/mol. The van der Waals surface area contributed by atoms with Crippen molar-refractivity contribution in [3.05, 3.63) is 12.7 Å². The van der Waals surface area contributed by atoms with Gasteiger partial charge in [-0.3, -0.25) is 0 Å². The lowest BCUT2D eigenvalue weighted by atomic mass is 9.75. The molecule has 2 rings (SSSR count). The van der Waals surface area contributed by atoms with Gasteiger partial charge in [0.15, 0.2) is 0 Å². The second-order valence-corrected chi connectivity index (χ2v) is 4.04. The minimum Gasteiger partial charge on any atom is -0.371 e. The van der Waals surface area contributed by atoms with Crippen LogP contribution in [0.4, 0.5) is 0 Å². The number of rotatable bonds is 2. The van der Waals surface area contributed by atoms with Crippen molar-refractivity contribution in [2.75, 3.05) is 0 Å². The van der Waals surface area contributed by atoms with Crippen molar-refractivity contribution in [1.29, 1.82) is 0 Å². The van der Waals surface area contributed by atoms with Gasteiger partial charge in [-0.15, -0.1) is 6.58 Å². The van der Waals surface area contributed by atoms with E-state index in [2.05, 4.69) is 26.5 Å². The molecular formula is C10H16O. The van der Waals surface area contributed by atoms with Crippen LogP contribution in [0.25, 0.3) is 0 Å². The van der Waals surface area contributed by atoms with Crippen LogP contribution >= 0.6 is 0 Å². The highest BCUT2D eigenvalue weighted by Gasteiger charge is 2.56. The molecule has 0 aromatic heterocycles. The Labute approximate surface area is 68.4 Å². The summed E-state index contributed by atoms with van der Waals surface area (Å²) in [6, 6.07) is 0. The van der Waals surface area contributed by atoms with E-state index in [0.29, 0.717) is 12.0 Å². The van der Waals surface area contributed by atoms with Gasteiger partial charge in [0.2, 0.25) is 0 Å². The van der Waals surface area contributed by atoms with Gasteiger partial charge in [-0.1, -0.05) is 6.08 Å². The van der Waals surface area contributed by atoms with E-state index in [4.69, 9.17) is 4.74 Å². The van der Waals surface area contributed by atoms with Crippen LogP contribution in [0.3, 0.4) is 0 Å². The van der Waals surface area contributed by atoms with E-state index < -0.39 is 0 Å². The highest BCUT2D eigenvalue weighted by Crippen LogP contribution is 2.53. The molecule has 0 amide bonds. The molecule has 1 heterocycles. The molecule has 0 aromatic carbocycles. The average molecular weight is 152 g/mol. The molecule has 1 saturated carbocycles. The first-order valence-corrected chi connectivity index (χ1v) is 4.49. The highest BCUT2D eigenvalue weighted by atomic mass is 16.5. The molecule has 0 spiro atoms. The summed E-state index contributed by atoms with van der Waals surface area (Å²) in [5, 5.41) is 0. The topological polar surface area (TPSA) is 9.23 Å². The normalized spacial score (nSPS) is 50.0. The van der Waals surface area contributed by atoms with Gasteiger partial charge in [0.1, 0.15) is 0 Å². The molecule has 2 fully saturated rings. The summed E-state index contributed by atoms with van der Waals surface area (Å²) in [7, 11) is 0. The van der Waals surface area contributed by atoms with E-state index in [0.717, 1.165) is 5.92 Å². The van der Waals surface area contributed by atoms with Gasteiger partial charge >= 0.3 is 0 Å². The lowest BCUT2D eigenvalue weighted by Crippen LogP contribution is -2.57. The van der Waals surface area contributed by atoms with Gasteiger partial charge in [0.05, 0.1) is 11.7 Å². The van der Waals surface area contributed by atoms with Gasteiger partial charge in [0.25, 0.3) is 0 Å². The van der Waals surface area contributed by atoms with Crippen molar-refractivity contribution < 1.29 is 4.74 Å². The largest absolute Gasteiger partial charge is 0.371 e. The molecule has 3 unspecified atom stereocenters. The fourth-order valence-electron chi connectivity index (χ4n) is 2.40.